The summed E-state index contributed by atoms with van der Waals surface area (Å²) in [5.41, 5.74) is 9.38. The van der Waals surface area contributed by atoms with Gasteiger partial charge in [-0.25, -0.2) is 8.78 Å². The lowest BCUT2D eigenvalue weighted by Crippen LogP contribution is -2.17. The highest BCUT2D eigenvalue weighted by Crippen LogP contribution is 2.30. The van der Waals surface area contributed by atoms with E-state index in [0.29, 0.717) is 4.47 Å². The van der Waals surface area contributed by atoms with E-state index in [1.54, 1.807) is 0 Å². The lowest BCUT2D eigenvalue weighted by Gasteiger charge is -2.20. The van der Waals surface area contributed by atoms with Crippen molar-refractivity contribution in [3.63, 3.8) is 0 Å². The van der Waals surface area contributed by atoms with Crippen LogP contribution >= 0.6 is 15.9 Å². The summed E-state index contributed by atoms with van der Waals surface area (Å²) in [4.78, 5) is 0. The van der Waals surface area contributed by atoms with E-state index in [2.05, 4.69) is 15.9 Å². The Balaban J connectivity index is 2.01. The minimum atomic E-state index is -0.787. The van der Waals surface area contributed by atoms with Crippen LogP contribution in [0.4, 0.5) is 8.78 Å². The van der Waals surface area contributed by atoms with Crippen LogP contribution in [0.3, 0.4) is 0 Å². The molecule has 0 heterocycles. The van der Waals surface area contributed by atoms with Crippen molar-refractivity contribution in [3.05, 3.63) is 68.7 Å². The fraction of sp³-hybridized carbons (Fsp3) is 0.294. The Hall–Kier alpha value is -1.26. The van der Waals surface area contributed by atoms with Gasteiger partial charge in [-0.3, -0.25) is 0 Å². The van der Waals surface area contributed by atoms with Gasteiger partial charge >= 0.3 is 0 Å². The number of rotatable bonds is 2. The van der Waals surface area contributed by atoms with Crippen molar-refractivity contribution in [1.29, 1.82) is 0 Å². The van der Waals surface area contributed by atoms with Crippen LogP contribution in [0.5, 0.6) is 0 Å². The Morgan fingerprint density at radius 1 is 0.952 bits per heavy atom. The summed E-state index contributed by atoms with van der Waals surface area (Å²) < 4.78 is 28.4. The molecular formula is C17H16BrF2N. The number of halogens is 3. The molecule has 21 heavy (non-hydrogen) atoms. The first-order valence-corrected chi connectivity index (χ1v) is 7.87. The average Bonchev–Trinajstić information content (AvgIpc) is 2.45. The third kappa shape index (κ3) is 2.87. The zero-order valence-corrected chi connectivity index (χ0v) is 13.1. The molecule has 4 heteroatoms. The SMILES string of the molecule is NC(c1ccc2c(c1)CCCC2)c1c(F)cc(Br)cc1F. The molecule has 0 aliphatic heterocycles. The molecule has 110 valence electrons. The summed E-state index contributed by atoms with van der Waals surface area (Å²) in [6.07, 6.45) is 4.45. The molecule has 1 atom stereocenters. The highest BCUT2D eigenvalue weighted by Gasteiger charge is 2.20. The van der Waals surface area contributed by atoms with Crippen LogP contribution in [0.2, 0.25) is 0 Å². The first-order valence-electron chi connectivity index (χ1n) is 7.08. The van der Waals surface area contributed by atoms with Gasteiger partial charge in [0.2, 0.25) is 0 Å². The molecule has 2 aromatic rings. The second-order valence-corrected chi connectivity index (χ2v) is 6.41. The maximum absolute atomic E-state index is 14.0. The molecule has 0 saturated heterocycles. The van der Waals surface area contributed by atoms with Gasteiger partial charge in [-0.15, -0.1) is 0 Å². The fourth-order valence-corrected chi connectivity index (χ4v) is 3.37. The quantitative estimate of drug-likeness (QED) is 0.836. The van der Waals surface area contributed by atoms with Gasteiger partial charge in [0.25, 0.3) is 0 Å². The molecule has 1 aliphatic carbocycles. The van der Waals surface area contributed by atoms with Crippen molar-refractivity contribution in [2.24, 2.45) is 5.73 Å². The number of fused-ring (bicyclic) bond motifs is 1. The van der Waals surface area contributed by atoms with Gasteiger partial charge < -0.3 is 5.73 Å². The second kappa shape index (κ2) is 5.85. The number of aryl methyl sites for hydroxylation is 2. The summed E-state index contributed by atoms with van der Waals surface area (Å²) in [5, 5.41) is 0. The van der Waals surface area contributed by atoms with Gasteiger partial charge in [0.15, 0.2) is 0 Å². The Kier molecular flexibility index (Phi) is 4.09. The molecule has 0 amide bonds. The van der Waals surface area contributed by atoms with E-state index < -0.39 is 17.7 Å². The third-order valence-corrected chi connectivity index (χ3v) is 4.54. The number of hydrogen-bond acceptors (Lipinski definition) is 1. The molecule has 2 aromatic carbocycles. The van der Waals surface area contributed by atoms with Crippen LogP contribution in [-0.2, 0) is 12.8 Å². The highest BCUT2D eigenvalue weighted by atomic mass is 79.9. The predicted octanol–water partition coefficient (Wildman–Crippen LogP) is 4.65. The maximum Gasteiger partial charge on any atom is 0.132 e. The van der Waals surface area contributed by atoms with E-state index in [9.17, 15) is 8.78 Å². The molecule has 1 unspecified atom stereocenters. The van der Waals surface area contributed by atoms with Crippen molar-refractivity contribution in [2.45, 2.75) is 31.7 Å². The molecule has 0 radical (unpaired) electrons. The van der Waals surface area contributed by atoms with Gasteiger partial charge in [0.05, 0.1) is 6.04 Å². The topological polar surface area (TPSA) is 26.0 Å². The van der Waals surface area contributed by atoms with Gasteiger partial charge in [-0.05, 0) is 54.5 Å². The number of nitrogens with two attached hydrogens (primary N) is 1. The van der Waals surface area contributed by atoms with E-state index in [4.69, 9.17) is 5.73 Å². The van der Waals surface area contributed by atoms with Gasteiger partial charge in [-0.1, -0.05) is 34.1 Å². The lowest BCUT2D eigenvalue weighted by atomic mass is 9.88. The third-order valence-electron chi connectivity index (χ3n) is 4.09. The molecule has 0 aromatic heterocycles. The fourth-order valence-electron chi connectivity index (χ4n) is 2.96. The molecule has 1 nitrogen and oxygen atoms in total. The van der Waals surface area contributed by atoms with E-state index >= 15 is 0 Å². The van der Waals surface area contributed by atoms with Crippen molar-refractivity contribution >= 4 is 15.9 Å². The van der Waals surface area contributed by atoms with E-state index in [-0.39, 0.29) is 5.56 Å². The Labute approximate surface area is 131 Å². The predicted molar refractivity (Wildman–Crippen MR) is 83.2 cm³/mol. The molecule has 0 fully saturated rings. The van der Waals surface area contributed by atoms with Crippen molar-refractivity contribution in [3.8, 4) is 0 Å². The van der Waals surface area contributed by atoms with Crippen molar-refractivity contribution in [2.75, 3.05) is 0 Å². The second-order valence-electron chi connectivity index (χ2n) is 5.50. The van der Waals surface area contributed by atoms with Crippen LogP contribution in [0.1, 0.15) is 41.1 Å². The summed E-state index contributed by atoms with van der Waals surface area (Å²) in [6, 6.07) is 7.63. The maximum atomic E-state index is 14.0. The first kappa shape index (κ1) is 14.7. The Morgan fingerprint density at radius 2 is 1.57 bits per heavy atom. The molecule has 0 saturated carbocycles. The standard InChI is InChI=1S/C17H16BrF2N/c18-13-8-14(19)16(15(20)9-13)17(21)12-6-5-10-3-1-2-4-11(10)7-12/h5-9,17H,1-4,21H2. The Bertz CT molecular complexity index is 661. The van der Waals surface area contributed by atoms with Crippen LogP contribution in [0.15, 0.2) is 34.8 Å². The first-order chi connectivity index (χ1) is 10.1. The summed E-state index contributed by atoms with van der Waals surface area (Å²) in [5.74, 6) is -1.24. The molecule has 0 bridgehead atoms. The van der Waals surface area contributed by atoms with Gasteiger partial charge in [0, 0.05) is 10.0 Å². The normalized spacial score (nSPS) is 15.6. The number of benzene rings is 2. The minimum absolute atomic E-state index is 0.0750. The van der Waals surface area contributed by atoms with E-state index in [0.717, 1.165) is 24.8 Å². The van der Waals surface area contributed by atoms with E-state index in [1.165, 1.54) is 29.7 Å². The highest BCUT2D eigenvalue weighted by molar-refractivity contribution is 9.10. The Morgan fingerprint density at radius 3 is 2.24 bits per heavy atom. The molecule has 1 aliphatic rings. The largest absolute Gasteiger partial charge is 0.320 e. The van der Waals surface area contributed by atoms with Gasteiger partial charge in [-0.2, -0.15) is 0 Å². The van der Waals surface area contributed by atoms with Crippen molar-refractivity contribution < 1.29 is 8.78 Å². The molecule has 0 spiro atoms. The zero-order valence-electron chi connectivity index (χ0n) is 11.5. The summed E-state index contributed by atoms with van der Waals surface area (Å²) in [7, 11) is 0. The number of hydrogen-bond donors (Lipinski definition) is 1. The van der Waals surface area contributed by atoms with Crippen molar-refractivity contribution in [1.82, 2.24) is 0 Å². The zero-order chi connectivity index (χ0) is 15.0. The lowest BCUT2D eigenvalue weighted by molar-refractivity contribution is 0.542. The van der Waals surface area contributed by atoms with Crippen LogP contribution in [-0.4, -0.2) is 0 Å². The van der Waals surface area contributed by atoms with Crippen LogP contribution in [0, 0.1) is 11.6 Å². The van der Waals surface area contributed by atoms with Crippen LogP contribution in [0.25, 0.3) is 0 Å². The minimum Gasteiger partial charge on any atom is -0.320 e. The molecule has 3 rings (SSSR count). The summed E-state index contributed by atoms with van der Waals surface area (Å²) >= 11 is 3.08. The van der Waals surface area contributed by atoms with Gasteiger partial charge in [0.1, 0.15) is 11.6 Å². The smallest absolute Gasteiger partial charge is 0.132 e. The summed E-state index contributed by atoms with van der Waals surface area (Å²) in [6.45, 7) is 0. The van der Waals surface area contributed by atoms with Crippen LogP contribution < -0.4 is 5.73 Å². The van der Waals surface area contributed by atoms with E-state index in [1.807, 2.05) is 18.2 Å². The average molecular weight is 352 g/mol. The molecule has 2 N–H and O–H groups in total. The molecular weight excluding hydrogens is 336 g/mol. The monoisotopic (exact) mass is 351 g/mol.